The Bertz CT molecular complexity index is 1300. The largest absolute Gasteiger partial charge is 0.483 e. The highest BCUT2D eigenvalue weighted by Gasteiger charge is 2.38. The first-order valence-electron chi connectivity index (χ1n) is 11.8. The lowest BCUT2D eigenvalue weighted by Gasteiger charge is -2.42. The minimum absolute atomic E-state index is 0.0934. The molecule has 0 unspecified atom stereocenters. The number of aromatic nitrogens is 3. The van der Waals surface area contributed by atoms with Crippen LogP contribution in [0, 0.1) is 17.2 Å². The molecule has 0 radical (unpaired) electrons. The number of benzene rings is 1. The van der Waals surface area contributed by atoms with Gasteiger partial charge in [0.2, 0.25) is 0 Å². The molecule has 2 aliphatic rings. The normalized spacial score (nSPS) is 21.2. The van der Waals surface area contributed by atoms with Crippen molar-refractivity contribution in [1.29, 1.82) is 5.26 Å². The van der Waals surface area contributed by atoms with Gasteiger partial charge in [-0.2, -0.15) is 10.2 Å². The molecule has 10 heteroatoms. The Kier molecular flexibility index (Phi) is 6.26. The van der Waals surface area contributed by atoms with Gasteiger partial charge >= 0.3 is 5.97 Å². The zero-order chi connectivity index (χ0) is 24.6. The van der Waals surface area contributed by atoms with Crippen LogP contribution in [0.5, 0.6) is 11.8 Å². The number of rotatable bonds is 7. The number of fused-ring (bicyclic) bond motifs is 1. The Morgan fingerprint density at radius 2 is 2.03 bits per heavy atom. The molecule has 1 aliphatic heterocycles. The average molecular weight is 496 g/mol. The van der Waals surface area contributed by atoms with Crippen molar-refractivity contribution in [2.45, 2.75) is 50.7 Å². The molecule has 3 heterocycles. The number of nitrogens with one attached hydrogen (secondary N) is 2. The minimum Gasteiger partial charge on any atom is -0.483 e. The highest BCUT2D eigenvalue weighted by Crippen LogP contribution is 2.35. The highest BCUT2D eigenvalue weighted by molar-refractivity contribution is 6.33. The number of carboxylic acid groups (broad SMARTS) is 1. The van der Waals surface area contributed by atoms with Crippen molar-refractivity contribution in [3.8, 4) is 29.1 Å². The Labute approximate surface area is 207 Å². The summed E-state index contributed by atoms with van der Waals surface area (Å²) in [4.78, 5) is 23.3. The maximum absolute atomic E-state index is 11.2. The van der Waals surface area contributed by atoms with E-state index in [1.165, 1.54) is 0 Å². The van der Waals surface area contributed by atoms with Gasteiger partial charge in [0.1, 0.15) is 23.5 Å². The van der Waals surface area contributed by atoms with Crippen molar-refractivity contribution in [2.24, 2.45) is 5.92 Å². The number of hydrogen-bond donors (Lipinski definition) is 3. The lowest BCUT2D eigenvalue weighted by molar-refractivity contribution is -0.143. The van der Waals surface area contributed by atoms with Crippen LogP contribution in [0.1, 0.15) is 44.6 Å². The smallest absolute Gasteiger partial charge is 0.306 e. The minimum atomic E-state index is -0.748. The van der Waals surface area contributed by atoms with Crippen LogP contribution in [0.4, 0.5) is 0 Å². The molecule has 1 saturated carbocycles. The SMILES string of the molecule is CCC1(Oc2ccc(-c3nc4nc(OC5CCC(C(=O)O)CC5)[nH]c4cc3Cl)cc2C#N)CNC1. The number of H-pyrrole nitrogens is 1. The molecule has 1 aromatic carbocycles. The first kappa shape index (κ1) is 23.4. The summed E-state index contributed by atoms with van der Waals surface area (Å²) in [6, 6.07) is 9.66. The zero-order valence-corrected chi connectivity index (χ0v) is 20.1. The van der Waals surface area contributed by atoms with Crippen LogP contribution in [0.15, 0.2) is 24.3 Å². The van der Waals surface area contributed by atoms with E-state index in [4.69, 9.17) is 21.1 Å². The predicted molar refractivity (Wildman–Crippen MR) is 130 cm³/mol. The van der Waals surface area contributed by atoms with Gasteiger partial charge in [0.15, 0.2) is 5.65 Å². The standard InChI is InChI=1S/C25H26ClN5O4/c1-2-25(12-28-13-25)35-20-8-5-15(9-16(20)11-27)21-18(26)10-19-22(30-21)31-24(29-19)34-17-6-3-14(4-7-17)23(32)33/h5,8-10,14,17,28H,2-4,6-7,12-13H2,1H3,(H,32,33)(H,29,30,31). The second-order valence-electron chi connectivity index (χ2n) is 9.23. The molecule has 0 bridgehead atoms. The topological polar surface area (TPSA) is 133 Å². The van der Waals surface area contributed by atoms with Crippen molar-refractivity contribution in [3.63, 3.8) is 0 Å². The average Bonchev–Trinajstić information content (AvgIpc) is 3.22. The van der Waals surface area contributed by atoms with Crippen molar-refractivity contribution in [2.75, 3.05) is 13.1 Å². The molecule has 35 heavy (non-hydrogen) atoms. The van der Waals surface area contributed by atoms with Crippen molar-refractivity contribution in [1.82, 2.24) is 20.3 Å². The van der Waals surface area contributed by atoms with Crippen LogP contribution in [0.2, 0.25) is 5.02 Å². The fourth-order valence-corrected chi connectivity index (χ4v) is 4.89. The van der Waals surface area contributed by atoms with E-state index in [1.54, 1.807) is 18.2 Å². The molecule has 0 atom stereocenters. The molecule has 1 aliphatic carbocycles. The van der Waals surface area contributed by atoms with Gasteiger partial charge in [-0.3, -0.25) is 4.79 Å². The molecule has 0 spiro atoms. The van der Waals surface area contributed by atoms with Gasteiger partial charge < -0.3 is 24.9 Å². The summed E-state index contributed by atoms with van der Waals surface area (Å²) in [6.45, 7) is 3.58. The second-order valence-corrected chi connectivity index (χ2v) is 9.63. The number of nitrogens with zero attached hydrogens (tertiary/aromatic N) is 3. The van der Waals surface area contributed by atoms with Gasteiger partial charge in [-0.05, 0) is 56.4 Å². The number of aliphatic carboxylic acids is 1. The number of carbonyl (C=O) groups is 1. The molecule has 0 amide bonds. The maximum atomic E-state index is 11.2. The maximum Gasteiger partial charge on any atom is 0.306 e. The molecule has 2 aromatic heterocycles. The summed E-state index contributed by atoms with van der Waals surface area (Å²) in [6.07, 6.45) is 3.25. The fourth-order valence-electron chi connectivity index (χ4n) is 4.62. The van der Waals surface area contributed by atoms with Gasteiger partial charge in [-0.25, -0.2) is 4.98 Å². The summed E-state index contributed by atoms with van der Waals surface area (Å²) in [5.74, 6) is -0.506. The number of halogens is 1. The van der Waals surface area contributed by atoms with E-state index in [-0.39, 0.29) is 17.6 Å². The van der Waals surface area contributed by atoms with Crippen LogP contribution in [-0.2, 0) is 4.79 Å². The van der Waals surface area contributed by atoms with Crippen molar-refractivity contribution < 1.29 is 19.4 Å². The van der Waals surface area contributed by atoms with Gasteiger partial charge in [0, 0.05) is 18.7 Å². The number of carboxylic acids is 1. The quantitative estimate of drug-likeness (QED) is 0.441. The van der Waals surface area contributed by atoms with E-state index in [1.807, 2.05) is 6.07 Å². The van der Waals surface area contributed by atoms with Crippen LogP contribution < -0.4 is 14.8 Å². The Morgan fingerprint density at radius 1 is 1.26 bits per heavy atom. The van der Waals surface area contributed by atoms with E-state index in [9.17, 15) is 15.2 Å². The summed E-state index contributed by atoms with van der Waals surface area (Å²) in [5, 5.41) is 22.5. The van der Waals surface area contributed by atoms with Crippen LogP contribution in [0.3, 0.4) is 0 Å². The summed E-state index contributed by atoms with van der Waals surface area (Å²) in [5.41, 5.74) is 2.43. The third kappa shape index (κ3) is 4.64. The second kappa shape index (κ2) is 9.36. The molecule has 182 valence electrons. The van der Waals surface area contributed by atoms with E-state index in [0.29, 0.717) is 70.5 Å². The van der Waals surface area contributed by atoms with Gasteiger partial charge in [-0.15, -0.1) is 0 Å². The molecule has 3 N–H and O–H groups in total. The third-order valence-electron chi connectivity index (χ3n) is 6.95. The predicted octanol–water partition coefficient (Wildman–Crippen LogP) is 4.30. The lowest BCUT2D eigenvalue weighted by Crippen LogP contribution is -2.62. The number of hydrogen-bond acceptors (Lipinski definition) is 7. The Hall–Kier alpha value is -3.35. The Morgan fingerprint density at radius 3 is 2.66 bits per heavy atom. The molecule has 9 nitrogen and oxygen atoms in total. The van der Waals surface area contributed by atoms with Gasteiger partial charge in [-0.1, -0.05) is 18.5 Å². The summed E-state index contributed by atoms with van der Waals surface area (Å²) in [7, 11) is 0. The third-order valence-corrected chi connectivity index (χ3v) is 7.23. The molecular formula is C25H26ClN5O4. The van der Waals surface area contributed by atoms with E-state index < -0.39 is 5.97 Å². The van der Waals surface area contributed by atoms with E-state index in [2.05, 4.69) is 33.3 Å². The summed E-state index contributed by atoms with van der Waals surface area (Å²) < 4.78 is 12.2. The number of pyridine rings is 1. The van der Waals surface area contributed by atoms with Crippen molar-refractivity contribution in [3.05, 3.63) is 34.9 Å². The summed E-state index contributed by atoms with van der Waals surface area (Å²) >= 11 is 6.55. The lowest BCUT2D eigenvalue weighted by atomic mass is 9.87. The van der Waals surface area contributed by atoms with E-state index in [0.717, 1.165) is 19.5 Å². The number of nitriles is 1. The Balaban J connectivity index is 1.36. The zero-order valence-electron chi connectivity index (χ0n) is 19.3. The first-order chi connectivity index (χ1) is 16.9. The highest BCUT2D eigenvalue weighted by atomic mass is 35.5. The number of aromatic amines is 1. The number of imidazole rings is 1. The van der Waals surface area contributed by atoms with E-state index >= 15 is 0 Å². The molecule has 2 fully saturated rings. The molecular weight excluding hydrogens is 470 g/mol. The molecule has 3 aromatic rings. The molecule has 5 rings (SSSR count). The van der Waals surface area contributed by atoms with Crippen LogP contribution in [0.25, 0.3) is 22.4 Å². The van der Waals surface area contributed by atoms with Crippen LogP contribution in [-0.4, -0.2) is 50.8 Å². The van der Waals surface area contributed by atoms with Gasteiger partial charge in [0.05, 0.1) is 27.7 Å². The monoisotopic (exact) mass is 495 g/mol. The number of ether oxygens (including phenoxy) is 2. The first-order valence-corrected chi connectivity index (χ1v) is 12.2. The molecule has 1 saturated heterocycles. The fraction of sp³-hybridized carbons (Fsp3) is 0.440. The van der Waals surface area contributed by atoms with Crippen molar-refractivity contribution >= 4 is 28.7 Å². The van der Waals surface area contributed by atoms with Crippen LogP contribution >= 0.6 is 11.6 Å². The van der Waals surface area contributed by atoms with Gasteiger partial charge in [0.25, 0.3) is 6.01 Å².